The van der Waals surface area contributed by atoms with E-state index in [2.05, 4.69) is 21.5 Å². The number of amides is 1. The molecule has 0 spiro atoms. The van der Waals surface area contributed by atoms with Crippen LogP contribution >= 0.6 is 11.3 Å². The van der Waals surface area contributed by atoms with Crippen LogP contribution in [0.3, 0.4) is 0 Å². The molecular weight excluding hydrogens is 312 g/mol. The number of aryl methyl sites for hydroxylation is 1. The van der Waals surface area contributed by atoms with Gasteiger partial charge in [-0.2, -0.15) is 5.26 Å². The van der Waals surface area contributed by atoms with Crippen LogP contribution in [-0.4, -0.2) is 16.0 Å². The van der Waals surface area contributed by atoms with Gasteiger partial charge in [0.1, 0.15) is 11.1 Å². The first-order valence-electron chi connectivity index (χ1n) is 7.23. The first kappa shape index (κ1) is 13.9. The molecule has 7 heteroatoms. The van der Waals surface area contributed by atoms with Crippen LogP contribution in [-0.2, 0) is 0 Å². The van der Waals surface area contributed by atoms with Crippen molar-refractivity contribution < 1.29 is 9.32 Å². The summed E-state index contributed by atoms with van der Waals surface area (Å²) in [6.07, 6.45) is 2.16. The van der Waals surface area contributed by atoms with Gasteiger partial charge in [0, 0.05) is 11.6 Å². The first-order chi connectivity index (χ1) is 11.2. The summed E-state index contributed by atoms with van der Waals surface area (Å²) in [5.41, 5.74) is 2.84. The van der Waals surface area contributed by atoms with Gasteiger partial charge in [-0.3, -0.25) is 4.79 Å². The molecule has 0 aromatic carbocycles. The fourth-order valence-electron chi connectivity index (χ4n) is 2.55. The number of pyridine rings is 1. The Hall–Kier alpha value is -2.72. The molecule has 1 fully saturated rings. The minimum absolute atomic E-state index is 0.274. The van der Waals surface area contributed by atoms with Crippen LogP contribution in [0.2, 0.25) is 0 Å². The lowest BCUT2D eigenvalue weighted by atomic mass is 10.1. The predicted octanol–water partition coefficient (Wildman–Crippen LogP) is 3.59. The summed E-state index contributed by atoms with van der Waals surface area (Å²) in [6.45, 7) is 1.78. The van der Waals surface area contributed by atoms with Crippen LogP contribution in [0, 0.1) is 18.3 Å². The smallest absolute Gasteiger partial charge is 0.259 e. The van der Waals surface area contributed by atoms with Gasteiger partial charge in [-0.15, -0.1) is 11.3 Å². The number of aromatic nitrogens is 2. The Kier molecular flexibility index (Phi) is 3.13. The summed E-state index contributed by atoms with van der Waals surface area (Å²) in [5.74, 6) is 0.123. The van der Waals surface area contributed by atoms with Crippen molar-refractivity contribution in [1.82, 2.24) is 10.1 Å². The molecule has 0 atom stereocenters. The Balaban J connectivity index is 1.79. The number of thiophene rings is 1. The fourth-order valence-corrected chi connectivity index (χ4v) is 3.28. The number of nitrogens with zero attached hydrogens (tertiary/aromatic N) is 3. The lowest BCUT2D eigenvalue weighted by Gasteiger charge is -2.06. The number of nitriles is 1. The monoisotopic (exact) mass is 324 g/mol. The van der Waals surface area contributed by atoms with E-state index in [0.29, 0.717) is 38.8 Å². The Labute approximate surface area is 135 Å². The molecule has 1 aliphatic rings. The molecule has 0 saturated heterocycles. The van der Waals surface area contributed by atoms with Crippen LogP contribution in [0.15, 0.2) is 22.0 Å². The van der Waals surface area contributed by atoms with Crippen molar-refractivity contribution in [2.24, 2.45) is 0 Å². The number of carbonyl (C=O) groups is 1. The van der Waals surface area contributed by atoms with E-state index in [1.807, 2.05) is 6.07 Å². The third-order valence-corrected chi connectivity index (χ3v) is 4.72. The molecule has 1 aliphatic carbocycles. The number of hydrogen-bond donors (Lipinski definition) is 1. The second kappa shape index (κ2) is 5.18. The van der Waals surface area contributed by atoms with Gasteiger partial charge in [0.05, 0.1) is 22.2 Å². The molecule has 3 heterocycles. The van der Waals surface area contributed by atoms with E-state index >= 15 is 0 Å². The third-order valence-electron chi connectivity index (χ3n) is 3.89. The highest BCUT2D eigenvalue weighted by Crippen LogP contribution is 2.40. The van der Waals surface area contributed by atoms with E-state index in [-0.39, 0.29) is 5.91 Å². The zero-order valence-electron chi connectivity index (χ0n) is 12.3. The predicted molar refractivity (Wildman–Crippen MR) is 85.5 cm³/mol. The number of anilines is 1. The van der Waals surface area contributed by atoms with E-state index in [9.17, 15) is 4.79 Å². The van der Waals surface area contributed by atoms with Crippen molar-refractivity contribution in [3.05, 3.63) is 40.0 Å². The molecule has 0 unspecified atom stereocenters. The number of hydrogen-bond acceptors (Lipinski definition) is 6. The quantitative estimate of drug-likeness (QED) is 0.794. The lowest BCUT2D eigenvalue weighted by Crippen LogP contribution is -2.13. The normalized spacial score (nSPS) is 13.9. The Morgan fingerprint density at radius 1 is 1.52 bits per heavy atom. The lowest BCUT2D eigenvalue weighted by molar-refractivity contribution is 0.102. The zero-order chi connectivity index (χ0) is 16.0. The highest BCUT2D eigenvalue weighted by atomic mass is 32.1. The molecular formula is C16H12N4O2S. The first-order valence-corrected chi connectivity index (χ1v) is 8.11. The summed E-state index contributed by atoms with van der Waals surface area (Å²) in [4.78, 5) is 17.2. The SMILES string of the molecule is Cc1noc2nc(C3CC3)cc(C(=O)Nc3sccc3C#N)c12. The molecule has 1 N–H and O–H groups in total. The Morgan fingerprint density at radius 2 is 2.35 bits per heavy atom. The maximum Gasteiger partial charge on any atom is 0.259 e. The van der Waals surface area contributed by atoms with Crippen LogP contribution in [0.1, 0.15) is 46.1 Å². The third kappa shape index (κ3) is 2.37. The molecule has 114 valence electrons. The fraction of sp³-hybridized carbons (Fsp3) is 0.250. The molecule has 0 radical (unpaired) electrons. The van der Waals surface area contributed by atoms with Crippen molar-refractivity contribution in [2.45, 2.75) is 25.7 Å². The van der Waals surface area contributed by atoms with Crippen molar-refractivity contribution >= 4 is 33.3 Å². The molecule has 1 amide bonds. The molecule has 1 saturated carbocycles. The summed E-state index contributed by atoms with van der Waals surface area (Å²) < 4.78 is 5.25. The molecule has 3 aromatic rings. The van der Waals surface area contributed by atoms with E-state index in [1.54, 1.807) is 18.4 Å². The summed E-state index contributed by atoms with van der Waals surface area (Å²) in [6, 6.07) is 5.57. The van der Waals surface area contributed by atoms with Gasteiger partial charge >= 0.3 is 0 Å². The Bertz CT molecular complexity index is 962. The summed E-state index contributed by atoms with van der Waals surface area (Å²) in [5, 5.41) is 18.8. The molecule has 3 aromatic heterocycles. The van der Waals surface area contributed by atoms with Crippen molar-refractivity contribution in [2.75, 3.05) is 5.32 Å². The topological polar surface area (TPSA) is 91.8 Å². The maximum absolute atomic E-state index is 12.7. The van der Waals surface area contributed by atoms with Gasteiger partial charge in [-0.25, -0.2) is 4.98 Å². The standard InChI is InChI=1S/C16H12N4O2S/c1-8-13-11(14(21)19-16-10(7-17)4-5-23-16)6-12(9-2-3-9)18-15(13)22-20-8/h4-6,9H,2-3H2,1H3,(H,19,21). The zero-order valence-corrected chi connectivity index (χ0v) is 13.1. The summed E-state index contributed by atoms with van der Waals surface area (Å²) in [7, 11) is 0. The minimum Gasteiger partial charge on any atom is -0.336 e. The maximum atomic E-state index is 12.7. The van der Waals surface area contributed by atoms with E-state index in [4.69, 9.17) is 9.78 Å². The van der Waals surface area contributed by atoms with Gasteiger partial charge in [-0.05, 0) is 37.3 Å². The number of fused-ring (bicyclic) bond motifs is 1. The average Bonchev–Trinajstić information content (AvgIpc) is 3.21. The minimum atomic E-state index is -0.274. The van der Waals surface area contributed by atoms with E-state index in [1.165, 1.54) is 11.3 Å². The molecule has 0 aliphatic heterocycles. The highest BCUT2D eigenvalue weighted by molar-refractivity contribution is 7.14. The van der Waals surface area contributed by atoms with Gasteiger partial charge in [0.15, 0.2) is 0 Å². The summed E-state index contributed by atoms with van der Waals surface area (Å²) >= 11 is 1.32. The van der Waals surface area contributed by atoms with Crippen LogP contribution < -0.4 is 5.32 Å². The number of carbonyl (C=O) groups excluding carboxylic acids is 1. The Morgan fingerprint density at radius 3 is 3.09 bits per heavy atom. The van der Waals surface area contributed by atoms with Crippen LogP contribution in [0.5, 0.6) is 0 Å². The van der Waals surface area contributed by atoms with Crippen molar-refractivity contribution in [3.63, 3.8) is 0 Å². The van der Waals surface area contributed by atoms with Gasteiger partial charge in [0.25, 0.3) is 11.6 Å². The average molecular weight is 324 g/mol. The molecule has 0 bridgehead atoms. The van der Waals surface area contributed by atoms with Crippen LogP contribution in [0.25, 0.3) is 11.1 Å². The number of rotatable bonds is 3. The second-order valence-corrected chi connectivity index (χ2v) is 6.46. The molecule has 23 heavy (non-hydrogen) atoms. The van der Waals surface area contributed by atoms with E-state index in [0.717, 1.165) is 18.5 Å². The van der Waals surface area contributed by atoms with Gasteiger partial charge < -0.3 is 9.84 Å². The van der Waals surface area contributed by atoms with Crippen LogP contribution in [0.4, 0.5) is 5.00 Å². The largest absolute Gasteiger partial charge is 0.336 e. The van der Waals surface area contributed by atoms with E-state index < -0.39 is 0 Å². The molecule has 6 nitrogen and oxygen atoms in total. The van der Waals surface area contributed by atoms with Gasteiger partial charge in [-0.1, -0.05) is 5.16 Å². The second-order valence-electron chi connectivity index (χ2n) is 5.55. The van der Waals surface area contributed by atoms with Gasteiger partial charge in [0.2, 0.25) is 0 Å². The molecule has 4 rings (SSSR count). The van der Waals surface area contributed by atoms with Crippen molar-refractivity contribution in [1.29, 1.82) is 5.26 Å². The van der Waals surface area contributed by atoms with Crippen molar-refractivity contribution in [3.8, 4) is 6.07 Å². The highest BCUT2D eigenvalue weighted by Gasteiger charge is 2.28. The number of nitrogens with one attached hydrogen (secondary N) is 1.